The number of nitrogen functional groups attached to an aromatic ring is 1. The van der Waals surface area contributed by atoms with E-state index in [2.05, 4.69) is 30.1 Å². The van der Waals surface area contributed by atoms with Gasteiger partial charge in [-0.15, -0.1) is 0 Å². The number of H-pyrrole nitrogens is 1. The van der Waals surface area contributed by atoms with Crippen molar-refractivity contribution in [2.75, 3.05) is 5.73 Å². The quantitative estimate of drug-likeness (QED) is 0.820. The van der Waals surface area contributed by atoms with E-state index in [9.17, 15) is 0 Å². The molecule has 1 aliphatic rings. The molecule has 0 spiro atoms. The molecule has 2 aromatic rings. The first kappa shape index (κ1) is 12.7. The zero-order valence-electron chi connectivity index (χ0n) is 11.7. The minimum Gasteiger partial charge on any atom is -0.404 e. The second kappa shape index (κ2) is 5.00. The van der Waals surface area contributed by atoms with E-state index in [0.29, 0.717) is 0 Å². The van der Waals surface area contributed by atoms with E-state index in [-0.39, 0.29) is 0 Å². The highest BCUT2D eigenvalue weighted by molar-refractivity contribution is 5.83. The summed E-state index contributed by atoms with van der Waals surface area (Å²) in [6, 6.07) is 6.44. The van der Waals surface area contributed by atoms with Gasteiger partial charge in [0.05, 0.1) is 0 Å². The van der Waals surface area contributed by atoms with Gasteiger partial charge in [-0.05, 0) is 48.4 Å². The maximum absolute atomic E-state index is 6.44. The van der Waals surface area contributed by atoms with Crippen LogP contribution < -0.4 is 16.5 Å². The Morgan fingerprint density at radius 3 is 2.90 bits per heavy atom. The summed E-state index contributed by atoms with van der Waals surface area (Å²) in [4.78, 5) is 3.16. The Kier molecular flexibility index (Phi) is 3.18. The van der Waals surface area contributed by atoms with Crippen molar-refractivity contribution in [3.8, 4) is 11.1 Å². The predicted molar refractivity (Wildman–Crippen MR) is 82.8 cm³/mol. The number of rotatable bonds is 2. The third-order valence-electron chi connectivity index (χ3n) is 4.03. The van der Waals surface area contributed by atoms with Crippen LogP contribution in [-0.2, 0) is 12.8 Å². The van der Waals surface area contributed by atoms with Gasteiger partial charge < -0.3 is 11.5 Å². The first-order valence-corrected chi connectivity index (χ1v) is 7.02. The summed E-state index contributed by atoms with van der Waals surface area (Å²) < 4.78 is 0. The van der Waals surface area contributed by atoms with Crippen LogP contribution in [0.2, 0.25) is 0 Å². The summed E-state index contributed by atoms with van der Waals surface area (Å²) in [7, 11) is 0. The Balaban J connectivity index is 2.17. The molecule has 0 fully saturated rings. The molecule has 3 rings (SSSR count). The van der Waals surface area contributed by atoms with Crippen molar-refractivity contribution in [3.05, 3.63) is 53.0 Å². The Hall–Kier alpha value is -2.29. The number of nitrogens with one attached hydrogen (secondary N) is 1. The Labute approximate surface area is 119 Å². The van der Waals surface area contributed by atoms with Crippen LogP contribution in [0.3, 0.4) is 0 Å². The molecule has 1 aliphatic carbocycles. The topological polar surface area (TPSA) is 66.2 Å². The van der Waals surface area contributed by atoms with Gasteiger partial charge in [-0.3, -0.25) is 0 Å². The first-order valence-electron chi connectivity index (χ1n) is 7.02. The average Bonchev–Trinajstić information content (AvgIpc) is 2.88. The van der Waals surface area contributed by atoms with E-state index in [1.54, 1.807) is 0 Å². The minimum atomic E-state index is 0.950. The third-order valence-corrected chi connectivity index (χ3v) is 4.03. The maximum Gasteiger partial charge on any atom is 0.205 e. The number of anilines is 1. The monoisotopic (exact) mass is 266 g/mol. The normalized spacial score (nSPS) is 13.8. The van der Waals surface area contributed by atoms with Crippen LogP contribution in [-0.4, -0.2) is 0 Å². The Bertz CT molecular complexity index is 687. The van der Waals surface area contributed by atoms with Crippen LogP contribution in [0.1, 0.15) is 28.8 Å². The molecule has 20 heavy (non-hydrogen) atoms. The molecule has 0 saturated carbocycles. The molecular weight excluding hydrogens is 246 g/mol. The molecule has 3 heteroatoms. The van der Waals surface area contributed by atoms with Crippen molar-refractivity contribution in [1.82, 2.24) is 0 Å². The average molecular weight is 266 g/mol. The van der Waals surface area contributed by atoms with E-state index in [1.165, 1.54) is 29.3 Å². The zero-order chi connectivity index (χ0) is 14.1. The van der Waals surface area contributed by atoms with E-state index in [4.69, 9.17) is 11.5 Å². The number of fused-ring (bicyclic) bond motifs is 1. The summed E-state index contributed by atoms with van der Waals surface area (Å²) in [5.41, 5.74) is 20.1. The second-order valence-electron chi connectivity index (χ2n) is 5.37. The van der Waals surface area contributed by atoms with Gasteiger partial charge in [0.1, 0.15) is 0 Å². The molecule has 102 valence electrons. The fourth-order valence-electron chi connectivity index (χ4n) is 3.15. The summed E-state index contributed by atoms with van der Waals surface area (Å²) in [5.74, 6) is 0. The van der Waals surface area contributed by atoms with Crippen LogP contribution in [0.15, 0.2) is 30.6 Å². The molecule has 1 aromatic heterocycles. The molecule has 0 saturated heterocycles. The van der Waals surface area contributed by atoms with Crippen molar-refractivity contribution in [2.45, 2.75) is 26.2 Å². The van der Waals surface area contributed by atoms with E-state index < -0.39 is 0 Å². The van der Waals surface area contributed by atoms with Gasteiger partial charge in [-0.2, -0.15) is 0 Å². The Morgan fingerprint density at radius 1 is 1.25 bits per heavy atom. The molecule has 0 bridgehead atoms. The van der Waals surface area contributed by atoms with Crippen LogP contribution in [0, 0.1) is 6.92 Å². The van der Waals surface area contributed by atoms with Gasteiger partial charge in [0.25, 0.3) is 0 Å². The largest absolute Gasteiger partial charge is 0.404 e. The molecule has 0 atom stereocenters. The molecule has 0 radical (unpaired) electrons. The maximum atomic E-state index is 6.44. The fourth-order valence-corrected chi connectivity index (χ4v) is 3.15. The van der Waals surface area contributed by atoms with Gasteiger partial charge in [0.15, 0.2) is 6.20 Å². The van der Waals surface area contributed by atoms with E-state index in [0.717, 1.165) is 35.3 Å². The first-order chi connectivity index (χ1) is 9.70. The summed E-state index contributed by atoms with van der Waals surface area (Å²) >= 11 is 0. The zero-order valence-corrected chi connectivity index (χ0v) is 11.7. The smallest absolute Gasteiger partial charge is 0.205 e. The third kappa shape index (κ3) is 2.05. The summed E-state index contributed by atoms with van der Waals surface area (Å²) in [6.07, 6.45) is 8.78. The highest BCUT2D eigenvalue weighted by Crippen LogP contribution is 2.37. The van der Waals surface area contributed by atoms with Crippen LogP contribution in [0.5, 0.6) is 0 Å². The number of nitrogens with two attached hydrogens (primary N) is 2. The summed E-state index contributed by atoms with van der Waals surface area (Å²) in [5, 5.41) is 0. The van der Waals surface area contributed by atoms with Gasteiger partial charge in [0, 0.05) is 35.7 Å². The van der Waals surface area contributed by atoms with Crippen molar-refractivity contribution in [1.29, 1.82) is 0 Å². The minimum absolute atomic E-state index is 0.950. The molecule has 3 nitrogen and oxygen atoms in total. The fraction of sp³-hybridized carbons (Fsp3) is 0.235. The van der Waals surface area contributed by atoms with E-state index in [1.807, 2.05) is 12.3 Å². The summed E-state index contributed by atoms with van der Waals surface area (Å²) in [6.45, 7) is 2.14. The van der Waals surface area contributed by atoms with Crippen LogP contribution in [0.4, 0.5) is 5.69 Å². The van der Waals surface area contributed by atoms with Crippen molar-refractivity contribution < 1.29 is 4.98 Å². The highest BCUT2D eigenvalue weighted by atomic mass is 14.7. The van der Waals surface area contributed by atoms with Crippen molar-refractivity contribution in [2.24, 2.45) is 5.73 Å². The lowest BCUT2D eigenvalue weighted by molar-refractivity contribution is -0.380. The number of aromatic nitrogens is 1. The molecular formula is C17H20N3+. The van der Waals surface area contributed by atoms with Gasteiger partial charge >= 0.3 is 0 Å². The van der Waals surface area contributed by atoms with Gasteiger partial charge in [-0.1, -0.05) is 6.07 Å². The predicted octanol–water partition coefficient (Wildman–Crippen LogP) is 2.48. The van der Waals surface area contributed by atoms with Crippen molar-refractivity contribution >= 4 is 11.8 Å². The number of hydrogen-bond donors (Lipinski definition) is 2. The SMILES string of the molecule is Cc1cc2c(c(N)c1-c1cc[nH+]c(/C=C\N)c1)CCC2. The lowest BCUT2D eigenvalue weighted by Gasteiger charge is -2.14. The molecule has 0 aliphatic heterocycles. The number of benzene rings is 1. The molecule has 1 aromatic carbocycles. The number of aromatic amines is 1. The number of pyridine rings is 1. The van der Waals surface area contributed by atoms with Gasteiger partial charge in [0.2, 0.25) is 5.69 Å². The lowest BCUT2D eigenvalue weighted by Crippen LogP contribution is -2.07. The molecule has 0 amide bonds. The van der Waals surface area contributed by atoms with Gasteiger partial charge in [-0.25, -0.2) is 4.98 Å². The highest BCUT2D eigenvalue weighted by Gasteiger charge is 2.19. The second-order valence-corrected chi connectivity index (χ2v) is 5.37. The lowest BCUT2D eigenvalue weighted by atomic mass is 9.93. The van der Waals surface area contributed by atoms with Crippen LogP contribution >= 0.6 is 0 Å². The standard InChI is InChI=1S/C17H19N3/c1-11-9-12-3-2-4-15(12)17(19)16(11)13-6-8-20-14(10-13)5-7-18/h5-10H,2-4,18-19H2,1H3/p+1/b7-5-. The van der Waals surface area contributed by atoms with E-state index >= 15 is 0 Å². The molecule has 0 unspecified atom stereocenters. The van der Waals surface area contributed by atoms with Crippen LogP contribution in [0.25, 0.3) is 17.2 Å². The number of hydrogen-bond acceptors (Lipinski definition) is 2. The van der Waals surface area contributed by atoms with Crippen molar-refractivity contribution in [3.63, 3.8) is 0 Å². The number of aryl methyl sites for hydroxylation is 2. The Morgan fingerprint density at radius 2 is 2.10 bits per heavy atom. The molecule has 1 heterocycles. The molecule has 5 N–H and O–H groups in total.